The summed E-state index contributed by atoms with van der Waals surface area (Å²) in [5, 5.41) is 6.56. The molecule has 5 rings (SSSR count). The van der Waals surface area contributed by atoms with Crippen LogP contribution in [0.25, 0.3) is 10.6 Å². The van der Waals surface area contributed by atoms with E-state index in [2.05, 4.69) is 5.10 Å². The van der Waals surface area contributed by atoms with Gasteiger partial charge in [0.25, 0.3) is 11.5 Å². The van der Waals surface area contributed by atoms with Crippen molar-refractivity contribution in [2.75, 3.05) is 30.7 Å². The molecule has 0 atom stereocenters. The number of carbonyl (C=O) groups excluding carboxylic acids is 2. The first kappa shape index (κ1) is 25.8. The van der Waals surface area contributed by atoms with Gasteiger partial charge in [-0.2, -0.15) is 10.1 Å². The molecule has 3 aromatic rings. The lowest BCUT2D eigenvalue weighted by Crippen LogP contribution is -2.35. The maximum absolute atomic E-state index is 13.8. The zero-order valence-electron chi connectivity index (χ0n) is 21.4. The Morgan fingerprint density at radius 1 is 1.08 bits per heavy atom. The molecule has 0 aliphatic carbocycles. The Kier molecular flexibility index (Phi) is 7.13. The standard InChI is InChI=1S/C27H26N4O5S2/c1-5-30-25(34)23(27-29(3)19-14-17(35-4)12-13-20(19)37-27)38-26(30)22-18(15-21(32)36-6-2)28-31(24(22)33)16-10-8-7-9-11-16/h7-14H,5-6,15H2,1-4H3. The van der Waals surface area contributed by atoms with Crippen molar-refractivity contribution in [2.45, 2.75) is 31.7 Å². The van der Waals surface area contributed by atoms with Crippen LogP contribution < -0.4 is 29.4 Å². The molecule has 0 N–H and O–H groups in total. The number of hydrazone groups is 1. The van der Waals surface area contributed by atoms with E-state index in [1.807, 2.05) is 55.3 Å². The van der Waals surface area contributed by atoms with Crippen LogP contribution in [-0.4, -0.2) is 42.9 Å². The summed E-state index contributed by atoms with van der Waals surface area (Å²) in [6, 6.07) is 14.8. The summed E-state index contributed by atoms with van der Waals surface area (Å²) in [5.41, 5.74) is 1.82. The number of ether oxygens (including phenoxy) is 2. The van der Waals surface area contributed by atoms with E-state index in [1.54, 1.807) is 30.7 Å². The number of thioether (sulfide) groups is 1. The number of rotatable bonds is 6. The predicted molar refractivity (Wildman–Crippen MR) is 150 cm³/mol. The monoisotopic (exact) mass is 550 g/mol. The lowest BCUT2D eigenvalue weighted by molar-refractivity contribution is -0.141. The molecule has 0 radical (unpaired) electrons. The van der Waals surface area contributed by atoms with Gasteiger partial charge in [-0.3, -0.25) is 19.0 Å². The van der Waals surface area contributed by atoms with Gasteiger partial charge in [-0.05, 0) is 38.1 Å². The van der Waals surface area contributed by atoms with Gasteiger partial charge in [0.05, 0.1) is 42.8 Å². The van der Waals surface area contributed by atoms with Gasteiger partial charge in [-0.15, -0.1) is 11.3 Å². The van der Waals surface area contributed by atoms with Crippen molar-refractivity contribution in [1.82, 2.24) is 4.57 Å². The summed E-state index contributed by atoms with van der Waals surface area (Å²) in [5.74, 6) is -0.155. The SMILES string of the molecule is CCOC(=O)CC1=NN(c2ccccc2)C(=O)C1=c1sc(=C2Sc3ccc(OC)cc3N2C)c(=O)n1CC. The Balaban J connectivity index is 1.72. The van der Waals surface area contributed by atoms with Crippen molar-refractivity contribution in [3.05, 3.63) is 68.1 Å². The molecule has 0 bridgehead atoms. The average molecular weight is 551 g/mol. The van der Waals surface area contributed by atoms with Crippen LogP contribution in [0.2, 0.25) is 0 Å². The number of nitrogens with zero attached hydrogens (tertiary/aromatic N) is 4. The summed E-state index contributed by atoms with van der Waals surface area (Å²) >= 11 is 2.73. The molecule has 1 amide bonds. The Morgan fingerprint density at radius 3 is 2.53 bits per heavy atom. The Morgan fingerprint density at radius 2 is 1.84 bits per heavy atom. The first-order valence-corrected chi connectivity index (χ1v) is 13.7. The van der Waals surface area contributed by atoms with E-state index in [9.17, 15) is 14.4 Å². The van der Waals surface area contributed by atoms with Gasteiger partial charge in [0.1, 0.15) is 20.0 Å². The molecule has 2 aliphatic rings. The predicted octanol–water partition coefficient (Wildman–Crippen LogP) is 2.75. The molecule has 0 unspecified atom stereocenters. The average Bonchev–Trinajstić information content (AvgIpc) is 3.54. The van der Waals surface area contributed by atoms with Crippen LogP contribution in [0.15, 0.2) is 63.3 Å². The number of hydrogen-bond acceptors (Lipinski definition) is 9. The fourth-order valence-electron chi connectivity index (χ4n) is 4.35. The van der Waals surface area contributed by atoms with E-state index in [-0.39, 0.29) is 29.9 Å². The second-order valence-electron chi connectivity index (χ2n) is 8.44. The highest BCUT2D eigenvalue weighted by molar-refractivity contribution is 8.08. The van der Waals surface area contributed by atoms with Crippen molar-refractivity contribution < 1.29 is 19.1 Å². The van der Waals surface area contributed by atoms with Crippen molar-refractivity contribution in [3.63, 3.8) is 0 Å². The van der Waals surface area contributed by atoms with E-state index in [1.165, 1.54) is 28.1 Å². The molecule has 0 saturated carbocycles. The zero-order chi connectivity index (χ0) is 27.0. The number of thiazole rings is 1. The van der Waals surface area contributed by atoms with E-state index < -0.39 is 11.9 Å². The normalized spacial score (nSPS) is 17.6. The van der Waals surface area contributed by atoms with Crippen LogP contribution in [0.5, 0.6) is 5.75 Å². The highest BCUT2D eigenvalue weighted by Crippen LogP contribution is 2.46. The van der Waals surface area contributed by atoms with E-state index in [0.29, 0.717) is 21.4 Å². The second kappa shape index (κ2) is 10.5. The fraction of sp³-hybridized carbons (Fsp3) is 0.259. The smallest absolute Gasteiger partial charge is 0.311 e. The lowest BCUT2D eigenvalue weighted by Gasteiger charge is -2.13. The van der Waals surface area contributed by atoms with Gasteiger partial charge in [0, 0.05) is 24.6 Å². The van der Waals surface area contributed by atoms with Crippen molar-refractivity contribution in [3.8, 4) is 5.75 Å². The number of fused-ring (bicyclic) bond motifs is 1. The number of anilines is 2. The largest absolute Gasteiger partial charge is 0.497 e. The molecule has 0 saturated heterocycles. The van der Waals surface area contributed by atoms with Gasteiger partial charge in [0.15, 0.2) is 0 Å². The van der Waals surface area contributed by atoms with Gasteiger partial charge in [0.2, 0.25) is 0 Å². The van der Waals surface area contributed by atoms with Crippen molar-refractivity contribution in [2.24, 2.45) is 5.10 Å². The summed E-state index contributed by atoms with van der Waals surface area (Å²) in [7, 11) is 3.52. The number of esters is 1. The van der Waals surface area contributed by atoms with E-state index in [0.717, 1.165) is 21.4 Å². The zero-order valence-corrected chi connectivity index (χ0v) is 23.0. The van der Waals surface area contributed by atoms with Crippen molar-refractivity contribution in [1.29, 1.82) is 0 Å². The number of para-hydroxylation sites is 1. The van der Waals surface area contributed by atoms with Crippen LogP contribution in [-0.2, 0) is 20.9 Å². The molecule has 38 heavy (non-hydrogen) atoms. The third kappa shape index (κ3) is 4.41. The number of benzene rings is 2. The van der Waals surface area contributed by atoms with Crippen molar-refractivity contribution >= 4 is 62.7 Å². The number of hydrogen-bond donors (Lipinski definition) is 0. The molecule has 2 aliphatic heterocycles. The number of amides is 1. The van der Waals surface area contributed by atoms with Gasteiger partial charge in [-0.1, -0.05) is 30.0 Å². The topological polar surface area (TPSA) is 93.4 Å². The number of methoxy groups -OCH3 is 1. The quantitative estimate of drug-likeness (QED) is 0.436. The van der Waals surface area contributed by atoms with Gasteiger partial charge < -0.3 is 14.4 Å². The molecular weight excluding hydrogens is 524 g/mol. The molecule has 1 aromatic heterocycles. The van der Waals surface area contributed by atoms with Gasteiger partial charge >= 0.3 is 5.97 Å². The molecule has 0 spiro atoms. The highest BCUT2D eigenvalue weighted by atomic mass is 32.2. The maximum atomic E-state index is 13.8. The van der Waals surface area contributed by atoms with Crippen LogP contribution in [0.3, 0.4) is 0 Å². The molecule has 3 heterocycles. The second-order valence-corrected chi connectivity index (χ2v) is 10.5. The summed E-state index contributed by atoms with van der Waals surface area (Å²) < 4.78 is 13.1. The number of carbonyl (C=O) groups is 2. The van der Waals surface area contributed by atoms with Crippen LogP contribution in [0, 0.1) is 0 Å². The van der Waals surface area contributed by atoms with Gasteiger partial charge in [-0.25, -0.2) is 0 Å². The Hall–Kier alpha value is -3.83. The molecule has 196 valence electrons. The Labute approximate surface area is 227 Å². The minimum absolute atomic E-state index is 0.181. The van der Waals surface area contributed by atoms with E-state index in [4.69, 9.17) is 9.47 Å². The molecule has 0 fully saturated rings. The van der Waals surface area contributed by atoms with Crippen LogP contribution >= 0.6 is 23.1 Å². The van der Waals surface area contributed by atoms with E-state index >= 15 is 0 Å². The third-order valence-corrected chi connectivity index (χ3v) is 8.74. The number of aromatic nitrogens is 1. The fourth-order valence-corrected chi connectivity index (χ4v) is 6.90. The first-order valence-electron chi connectivity index (χ1n) is 12.1. The third-order valence-electron chi connectivity index (χ3n) is 6.18. The maximum Gasteiger partial charge on any atom is 0.311 e. The first-order chi connectivity index (χ1) is 18.4. The molecule has 11 heteroatoms. The van der Waals surface area contributed by atoms with Crippen LogP contribution in [0.1, 0.15) is 20.3 Å². The summed E-state index contributed by atoms with van der Waals surface area (Å²) in [6.45, 7) is 4.14. The lowest BCUT2D eigenvalue weighted by atomic mass is 10.1. The molecule has 2 aromatic carbocycles. The summed E-state index contributed by atoms with van der Waals surface area (Å²) in [6.07, 6.45) is -0.181. The summed E-state index contributed by atoms with van der Waals surface area (Å²) in [4.78, 5) is 42.9. The molecular formula is C27H26N4O5S2. The minimum Gasteiger partial charge on any atom is -0.497 e. The minimum atomic E-state index is -0.488. The highest BCUT2D eigenvalue weighted by Gasteiger charge is 2.35. The molecule has 9 nitrogen and oxygen atoms in total. The van der Waals surface area contributed by atoms with Crippen LogP contribution in [0.4, 0.5) is 11.4 Å². The Bertz CT molecular complexity index is 1640.